The van der Waals surface area contributed by atoms with Crippen molar-refractivity contribution < 1.29 is 9.15 Å². The second-order valence-corrected chi connectivity index (χ2v) is 4.46. The summed E-state index contributed by atoms with van der Waals surface area (Å²) < 4.78 is 11.7. The molecule has 17 heavy (non-hydrogen) atoms. The van der Waals surface area contributed by atoms with Gasteiger partial charge in [-0.3, -0.25) is 0 Å². The van der Waals surface area contributed by atoms with E-state index >= 15 is 0 Å². The summed E-state index contributed by atoms with van der Waals surface area (Å²) in [5, 5.41) is 3.23. The Balaban J connectivity index is 2.36. The molecule has 0 amide bonds. The molecule has 1 N–H and O–H groups in total. The van der Waals surface area contributed by atoms with E-state index in [-0.39, 0.29) is 6.04 Å². The topological polar surface area (TPSA) is 34.4 Å². The number of benzene rings is 1. The van der Waals surface area contributed by atoms with Crippen LogP contribution in [0.2, 0.25) is 0 Å². The summed E-state index contributed by atoms with van der Waals surface area (Å²) >= 11 is 3.55. The summed E-state index contributed by atoms with van der Waals surface area (Å²) in [5.41, 5.74) is 1.13. The van der Waals surface area contributed by atoms with E-state index in [1.54, 1.807) is 7.11 Å². The fraction of sp³-hybridized carbons (Fsp3) is 0.167. The van der Waals surface area contributed by atoms with Crippen molar-refractivity contribution in [3.05, 3.63) is 52.2 Å². The van der Waals surface area contributed by atoms with Gasteiger partial charge in [0.25, 0.3) is 5.95 Å². The van der Waals surface area contributed by atoms with E-state index in [0.717, 1.165) is 15.8 Å². The largest absolute Gasteiger partial charge is 0.468 e. The number of methoxy groups -OCH3 is 1. The SMILES string of the molecule is BNC(c1ccc(OC)o1)c1ccccc1Br. The van der Waals surface area contributed by atoms with E-state index < -0.39 is 0 Å². The molecule has 0 aliphatic carbocycles. The van der Waals surface area contributed by atoms with Crippen LogP contribution in [0.3, 0.4) is 0 Å². The van der Waals surface area contributed by atoms with Gasteiger partial charge >= 0.3 is 0 Å². The van der Waals surface area contributed by atoms with Crippen LogP contribution in [0.4, 0.5) is 0 Å². The summed E-state index contributed by atoms with van der Waals surface area (Å²) in [6, 6.07) is 11.8. The Morgan fingerprint density at radius 3 is 2.65 bits per heavy atom. The molecule has 1 atom stereocenters. The molecule has 0 spiro atoms. The normalized spacial score (nSPS) is 12.4. The van der Waals surface area contributed by atoms with Crippen LogP contribution in [0.1, 0.15) is 17.4 Å². The highest BCUT2D eigenvalue weighted by Crippen LogP contribution is 2.30. The number of halogens is 1. The van der Waals surface area contributed by atoms with E-state index in [0.29, 0.717) is 5.95 Å². The standard InChI is InChI=1S/C12H13BBrNO2/c1-16-11-7-6-10(17-11)12(15-13)8-4-2-3-5-9(8)14/h2-7,12,15H,13H2,1H3. The Kier molecular flexibility index (Phi) is 3.91. The van der Waals surface area contributed by atoms with Gasteiger partial charge in [0.05, 0.1) is 13.2 Å². The van der Waals surface area contributed by atoms with Crippen molar-refractivity contribution in [3.8, 4) is 5.95 Å². The zero-order valence-corrected chi connectivity index (χ0v) is 11.3. The van der Waals surface area contributed by atoms with E-state index in [1.165, 1.54) is 0 Å². The van der Waals surface area contributed by atoms with Crippen LogP contribution in [0.25, 0.3) is 0 Å². The molecule has 1 aromatic carbocycles. The number of rotatable bonds is 4. The van der Waals surface area contributed by atoms with Crippen LogP contribution in [0.15, 0.2) is 45.3 Å². The second-order valence-electron chi connectivity index (χ2n) is 3.60. The first-order chi connectivity index (χ1) is 8.26. The number of hydrogen-bond acceptors (Lipinski definition) is 3. The molecule has 3 nitrogen and oxygen atoms in total. The Labute approximate surface area is 110 Å². The molecule has 2 rings (SSSR count). The molecule has 0 radical (unpaired) electrons. The van der Waals surface area contributed by atoms with Gasteiger partial charge < -0.3 is 14.4 Å². The molecule has 1 heterocycles. The molecular weight excluding hydrogens is 281 g/mol. The number of nitrogens with one attached hydrogen (secondary N) is 1. The Bertz CT molecular complexity index is 501. The van der Waals surface area contributed by atoms with Gasteiger partial charge in [-0.05, 0) is 17.7 Å². The minimum Gasteiger partial charge on any atom is -0.468 e. The quantitative estimate of drug-likeness (QED) is 0.878. The molecule has 88 valence electrons. The zero-order chi connectivity index (χ0) is 12.3. The van der Waals surface area contributed by atoms with Gasteiger partial charge in [-0.15, -0.1) is 0 Å². The molecule has 5 heteroatoms. The monoisotopic (exact) mass is 293 g/mol. The highest BCUT2D eigenvalue weighted by Gasteiger charge is 2.18. The van der Waals surface area contributed by atoms with Crippen LogP contribution in [-0.2, 0) is 0 Å². The summed E-state index contributed by atoms with van der Waals surface area (Å²) in [6.07, 6.45) is 0. The maximum Gasteiger partial charge on any atom is 0.284 e. The van der Waals surface area contributed by atoms with Crippen molar-refractivity contribution in [1.29, 1.82) is 0 Å². The molecule has 0 saturated heterocycles. The smallest absolute Gasteiger partial charge is 0.284 e. The van der Waals surface area contributed by atoms with Gasteiger partial charge in [-0.25, -0.2) is 0 Å². The van der Waals surface area contributed by atoms with Gasteiger partial charge in [0.15, 0.2) is 7.98 Å². The fourth-order valence-electron chi connectivity index (χ4n) is 1.76. The van der Waals surface area contributed by atoms with Crippen LogP contribution < -0.4 is 9.96 Å². The first-order valence-corrected chi connectivity index (χ1v) is 6.11. The minimum atomic E-state index is 0.00877. The van der Waals surface area contributed by atoms with Crippen molar-refractivity contribution in [2.45, 2.75) is 6.04 Å². The lowest BCUT2D eigenvalue weighted by Crippen LogP contribution is -2.19. The van der Waals surface area contributed by atoms with Crippen molar-refractivity contribution >= 4 is 23.9 Å². The van der Waals surface area contributed by atoms with E-state index in [4.69, 9.17) is 9.15 Å². The third kappa shape index (κ3) is 2.56. The molecule has 0 aliphatic heterocycles. The predicted molar refractivity (Wildman–Crippen MR) is 72.9 cm³/mol. The zero-order valence-electron chi connectivity index (χ0n) is 9.74. The Morgan fingerprint density at radius 2 is 2.06 bits per heavy atom. The highest BCUT2D eigenvalue weighted by molar-refractivity contribution is 9.10. The maximum atomic E-state index is 5.59. The van der Waals surface area contributed by atoms with Crippen molar-refractivity contribution in [2.24, 2.45) is 0 Å². The first kappa shape index (κ1) is 12.3. The van der Waals surface area contributed by atoms with Gasteiger partial charge in [0, 0.05) is 10.5 Å². The molecule has 1 aromatic heterocycles. The van der Waals surface area contributed by atoms with Crippen molar-refractivity contribution in [3.63, 3.8) is 0 Å². The maximum absolute atomic E-state index is 5.59. The third-order valence-electron chi connectivity index (χ3n) is 2.59. The van der Waals surface area contributed by atoms with Crippen molar-refractivity contribution in [1.82, 2.24) is 5.23 Å². The average Bonchev–Trinajstić information content (AvgIpc) is 2.81. The van der Waals surface area contributed by atoms with Crippen molar-refractivity contribution in [2.75, 3.05) is 7.11 Å². The molecule has 1 unspecified atom stereocenters. The van der Waals surface area contributed by atoms with Crippen LogP contribution in [0.5, 0.6) is 5.95 Å². The molecular formula is C12H13BBrNO2. The van der Waals surface area contributed by atoms with Gasteiger partial charge in [0.2, 0.25) is 0 Å². The van der Waals surface area contributed by atoms with E-state index in [1.807, 2.05) is 38.3 Å². The van der Waals surface area contributed by atoms with Crippen LogP contribution in [-0.4, -0.2) is 15.1 Å². The third-order valence-corrected chi connectivity index (χ3v) is 3.31. The molecule has 0 saturated carbocycles. The number of hydrogen-bond donors (Lipinski definition) is 1. The minimum absolute atomic E-state index is 0.00877. The van der Waals surface area contributed by atoms with Gasteiger partial charge in [0.1, 0.15) is 5.76 Å². The summed E-state index contributed by atoms with van der Waals surface area (Å²) in [5.74, 6) is 1.35. The summed E-state index contributed by atoms with van der Waals surface area (Å²) in [6.45, 7) is 0. The second kappa shape index (κ2) is 5.43. The van der Waals surface area contributed by atoms with Crippen LogP contribution in [0, 0.1) is 0 Å². The predicted octanol–water partition coefficient (Wildman–Crippen LogP) is 2.28. The summed E-state index contributed by atoms with van der Waals surface area (Å²) in [7, 11) is 3.49. The molecule has 2 aromatic rings. The molecule has 0 bridgehead atoms. The number of furan rings is 1. The Morgan fingerprint density at radius 1 is 1.29 bits per heavy atom. The first-order valence-electron chi connectivity index (χ1n) is 5.31. The fourth-order valence-corrected chi connectivity index (χ4v) is 2.27. The average molecular weight is 294 g/mol. The Hall–Kier alpha value is -1.20. The van der Waals surface area contributed by atoms with Crippen LogP contribution >= 0.6 is 15.9 Å². The van der Waals surface area contributed by atoms with E-state index in [9.17, 15) is 0 Å². The summed E-state index contributed by atoms with van der Waals surface area (Å²) in [4.78, 5) is 0. The van der Waals surface area contributed by atoms with Gasteiger partial charge in [-0.2, -0.15) is 0 Å². The molecule has 0 fully saturated rings. The van der Waals surface area contributed by atoms with Gasteiger partial charge in [-0.1, -0.05) is 34.1 Å². The number of ether oxygens (including phenoxy) is 1. The van der Waals surface area contributed by atoms with E-state index in [2.05, 4.69) is 27.2 Å². The lowest BCUT2D eigenvalue weighted by atomic mass is 10.0. The highest BCUT2D eigenvalue weighted by atomic mass is 79.9. The lowest BCUT2D eigenvalue weighted by molar-refractivity contribution is 0.290. The lowest BCUT2D eigenvalue weighted by Gasteiger charge is -2.15. The molecule has 0 aliphatic rings.